The molecule has 0 fully saturated rings. The van der Waals surface area contributed by atoms with E-state index in [0.717, 1.165) is 0 Å². The Hall–Kier alpha value is -1.64. The highest BCUT2D eigenvalue weighted by Gasteiger charge is 2.19. The Morgan fingerprint density at radius 1 is 1.14 bits per heavy atom. The topological polar surface area (TPSA) is 87.7 Å². The fraction of sp³-hybridized carbons (Fsp3) is 0.500. The van der Waals surface area contributed by atoms with Gasteiger partial charge in [0.15, 0.2) is 0 Å². The van der Waals surface area contributed by atoms with Gasteiger partial charge < -0.3 is 10.1 Å². The Morgan fingerprint density at radius 2 is 1.73 bits per heavy atom. The second-order valence-corrected chi connectivity index (χ2v) is 6.17. The van der Waals surface area contributed by atoms with Gasteiger partial charge >= 0.3 is 0 Å². The summed E-state index contributed by atoms with van der Waals surface area (Å²) in [4.78, 5) is 11.8. The lowest BCUT2D eigenvalue weighted by Crippen LogP contribution is -2.43. The van der Waals surface area contributed by atoms with Gasteiger partial charge in [0.05, 0.1) is 13.2 Å². The number of rotatable bonds is 9. The first-order chi connectivity index (χ1) is 10.4. The molecular weight excluding hydrogens is 306 g/mol. The smallest absolute Gasteiger partial charge is 0.279 e. The number of anilines is 1. The number of benzene rings is 1. The molecule has 0 aromatic heterocycles. The summed E-state index contributed by atoms with van der Waals surface area (Å²) in [6, 6.07) is 6.86. The number of hydrogen-bond donors (Lipinski definition) is 2. The molecule has 0 atom stereocenters. The molecule has 0 spiro atoms. The molecule has 2 N–H and O–H groups in total. The Labute approximate surface area is 131 Å². The normalized spacial score (nSPS) is 11.5. The highest BCUT2D eigenvalue weighted by Crippen LogP contribution is 2.15. The van der Waals surface area contributed by atoms with E-state index in [1.807, 2.05) is 6.92 Å². The molecule has 22 heavy (non-hydrogen) atoms. The molecule has 7 nitrogen and oxygen atoms in total. The summed E-state index contributed by atoms with van der Waals surface area (Å²) in [5.74, 6) is 0.280. The third-order valence-corrected chi connectivity index (χ3v) is 4.61. The van der Waals surface area contributed by atoms with Gasteiger partial charge in [-0.3, -0.25) is 4.79 Å². The molecule has 1 aromatic rings. The minimum absolute atomic E-state index is 0.313. The highest BCUT2D eigenvalue weighted by molar-refractivity contribution is 7.87. The first kappa shape index (κ1) is 18.4. The van der Waals surface area contributed by atoms with Crippen molar-refractivity contribution < 1.29 is 17.9 Å². The quantitative estimate of drug-likeness (QED) is 0.712. The van der Waals surface area contributed by atoms with Crippen molar-refractivity contribution >= 4 is 21.8 Å². The monoisotopic (exact) mass is 329 g/mol. The summed E-state index contributed by atoms with van der Waals surface area (Å²) in [6.45, 7) is 6.33. The zero-order valence-electron chi connectivity index (χ0n) is 13.1. The zero-order chi connectivity index (χ0) is 16.6. The number of nitrogens with one attached hydrogen (secondary N) is 2. The minimum atomic E-state index is -3.62. The number of hydrogen-bond acceptors (Lipinski definition) is 4. The van der Waals surface area contributed by atoms with E-state index in [9.17, 15) is 13.2 Å². The number of carbonyl (C=O) groups excluding carboxylic acids is 1. The zero-order valence-corrected chi connectivity index (χ0v) is 13.9. The van der Waals surface area contributed by atoms with Crippen molar-refractivity contribution in [1.82, 2.24) is 9.03 Å². The Bertz CT molecular complexity index is 568. The molecule has 1 amide bonds. The van der Waals surface area contributed by atoms with Gasteiger partial charge in [0.25, 0.3) is 10.2 Å². The molecule has 0 saturated heterocycles. The van der Waals surface area contributed by atoms with E-state index in [0.29, 0.717) is 31.1 Å². The molecule has 0 unspecified atom stereocenters. The van der Waals surface area contributed by atoms with Crippen LogP contribution in [0.25, 0.3) is 0 Å². The lowest BCUT2D eigenvalue weighted by molar-refractivity contribution is -0.115. The Kier molecular flexibility index (Phi) is 7.30. The van der Waals surface area contributed by atoms with E-state index in [-0.39, 0.29) is 6.54 Å². The molecule has 0 heterocycles. The van der Waals surface area contributed by atoms with Gasteiger partial charge in [0.2, 0.25) is 5.91 Å². The van der Waals surface area contributed by atoms with Crippen LogP contribution in [0.4, 0.5) is 5.69 Å². The minimum Gasteiger partial charge on any atom is -0.494 e. The molecule has 8 heteroatoms. The Morgan fingerprint density at radius 3 is 2.23 bits per heavy atom. The number of ether oxygens (including phenoxy) is 1. The van der Waals surface area contributed by atoms with Crippen LogP contribution in [-0.4, -0.2) is 44.9 Å². The SMILES string of the molecule is CCOc1ccc(NC(=O)CNS(=O)(=O)N(CC)CC)cc1. The van der Waals surface area contributed by atoms with E-state index in [4.69, 9.17) is 4.74 Å². The average Bonchev–Trinajstić information content (AvgIpc) is 2.49. The van der Waals surface area contributed by atoms with Crippen LogP contribution in [0.15, 0.2) is 24.3 Å². The maximum absolute atomic E-state index is 11.9. The van der Waals surface area contributed by atoms with Crippen LogP contribution in [0.3, 0.4) is 0 Å². The van der Waals surface area contributed by atoms with E-state index < -0.39 is 16.1 Å². The first-order valence-electron chi connectivity index (χ1n) is 7.20. The second-order valence-electron chi connectivity index (χ2n) is 4.42. The van der Waals surface area contributed by atoms with Crippen molar-refractivity contribution in [2.75, 3.05) is 31.6 Å². The summed E-state index contributed by atoms with van der Waals surface area (Å²) >= 11 is 0. The molecule has 124 valence electrons. The maximum Gasteiger partial charge on any atom is 0.279 e. The molecule has 0 radical (unpaired) electrons. The van der Waals surface area contributed by atoms with Crippen LogP contribution in [-0.2, 0) is 15.0 Å². The van der Waals surface area contributed by atoms with Gasteiger partial charge in [-0.15, -0.1) is 0 Å². The Balaban J connectivity index is 2.52. The van der Waals surface area contributed by atoms with Gasteiger partial charge in [-0.05, 0) is 31.2 Å². The molecule has 0 aliphatic carbocycles. The predicted octanol–water partition coefficient (Wildman–Crippen LogP) is 1.20. The van der Waals surface area contributed by atoms with E-state index in [1.165, 1.54) is 4.31 Å². The standard InChI is InChI=1S/C14H23N3O4S/c1-4-17(5-2)22(19,20)15-11-14(18)16-12-7-9-13(10-8-12)21-6-3/h7-10,15H,4-6,11H2,1-3H3,(H,16,18). The summed E-state index contributed by atoms with van der Waals surface area (Å²) < 4.78 is 32.6. The summed E-state index contributed by atoms with van der Waals surface area (Å²) in [7, 11) is -3.62. The first-order valence-corrected chi connectivity index (χ1v) is 8.64. The predicted molar refractivity (Wildman–Crippen MR) is 86.1 cm³/mol. The van der Waals surface area contributed by atoms with E-state index in [1.54, 1.807) is 38.1 Å². The van der Waals surface area contributed by atoms with Gasteiger partial charge in [-0.1, -0.05) is 13.8 Å². The largest absolute Gasteiger partial charge is 0.494 e. The van der Waals surface area contributed by atoms with Crippen LogP contribution in [0.1, 0.15) is 20.8 Å². The van der Waals surface area contributed by atoms with Crippen LogP contribution in [0.5, 0.6) is 5.75 Å². The van der Waals surface area contributed by atoms with Crippen LogP contribution < -0.4 is 14.8 Å². The molecule has 1 rings (SSSR count). The second kappa shape index (κ2) is 8.72. The summed E-state index contributed by atoms with van der Waals surface area (Å²) in [5, 5.41) is 2.62. The third kappa shape index (κ3) is 5.63. The lowest BCUT2D eigenvalue weighted by Gasteiger charge is -2.18. The fourth-order valence-electron chi connectivity index (χ4n) is 1.82. The van der Waals surface area contributed by atoms with Crippen LogP contribution >= 0.6 is 0 Å². The number of carbonyl (C=O) groups is 1. The van der Waals surface area contributed by atoms with Crippen molar-refractivity contribution in [2.24, 2.45) is 0 Å². The van der Waals surface area contributed by atoms with Crippen molar-refractivity contribution in [3.63, 3.8) is 0 Å². The van der Waals surface area contributed by atoms with Crippen molar-refractivity contribution in [3.05, 3.63) is 24.3 Å². The van der Waals surface area contributed by atoms with Crippen molar-refractivity contribution in [3.8, 4) is 5.75 Å². The fourth-order valence-corrected chi connectivity index (χ4v) is 2.99. The van der Waals surface area contributed by atoms with Gasteiger partial charge in [0, 0.05) is 18.8 Å². The van der Waals surface area contributed by atoms with E-state index >= 15 is 0 Å². The number of amides is 1. The van der Waals surface area contributed by atoms with E-state index in [2.05, 4.69) is 10.0 Å². The van der Waals surface area contributed by atoms with Gasteiger partial charge in [-0.25, -0.2) is 0 Å². The number of nitrogens with zero attached hydrogens (tertiary/aromatic N) is 1. The third-order valence-electron chi connectivity index (χ3n) is 2.91. The molecular formula is C14H23N3O4S. The average molecular weight is 329 g/mol. The summed E-state index contributed by atoms with van der Waals surface area (Å²) in [5.41, 5.74) is 0.579. The highest BCUT2D eigenvalue weighted by atomic mass is 32.2. The molecule has 1 aromatic carbocycles. The van der Waals surface area contributed by atoms with Gasteiger partial charge in [-0.2, -0.15) is 17.4 Å². The van der Waals surface area contributed by atoms with Crippen molar-refractivity contribution in [2.45, 2.75) is 20.8 Å². The van der Waals surface area contributed by atoms with Crippen LogP contribution in [0, 0.1) is 0 Å². The molecule has 0 bridgehead atoms. The van der Waals surface area contributed by atoms with Crippen molar-refractivity contribution in [1.29, 1.82) is 0 Å². The molecule has 0 saturated carbocycles. The van der Waals surface area contributed by atoms with Crippen LogP contribution in [0.2, 0.25) is 0 Å². The lowest BCUT2D eigenvalue weighted by atomic mass is 10.3. The molecule has 0 aliphatic rings. The van der Waals surface area contributed by atoms with Gasteiger partial charge in [0.1, 0.15) is 5.75 Å². The molecule has 0 aliphatic heterocycles. The summed E-state index contributed by atoms with van der Waals surface area (Å²) in [6.07, 6.45) is 0. The maximum atomic E-state index is 11.9.